The second kappa shape index (κ2) is 9.51. The molecule has 1 aromatic heterocycles. The highest BCUT2D eigenvalue weighted by atomic mass is 16.2. The Morgan fingerprint density at radius 2 is 1.88 bits per heavy atom. The molecule has 0 aliphatic carbocycles. The summed E-state index contributed by atoms with van der Waals surface area (Å²) in [5, 5.41) is 0. The third kappa shape index (κ3) is 4.52. The fourth-order valence-corrected chi connectivity index (χ4v) is 4.65. The SMILES string of the molecule is CCCN1CCN(C(=O)[C@@H]2CC(=O)N(C)C2)[C@H](Cc2ccc(-c3cccnc3)cc2)C1=O. The van der Waals surface area contributed by atoms with Gasteiger partial charge in [-0.1, -0.05) is 37.3 Å². The lowest BCUT2D eigenvalue weighted by atomic mass is 9.96. The average molecular weight is 435 g/mol. The number of hydrogen-bond donors (Lipinski definition) is 0. The Bertz CT molecular complexity index is 976. The van der Waals surface area contributed by atoms with Gasteiger partial charge in [0.25, 0.3) is 0 Å². The van der Waals surface area contributed by atoms with Crippen LogP contribution in [0.25, 0.3) is 11.1 Å². The minimum atomic E-state index is -0.534. The van der Waals surface area contributed by atoms with Gasteiger partial charge in [-0.05, 0) is 29.2 Å². The summed E-state index contributed by atoms with van der Waals surface area (Å²) >= 11 is 0. The first kappa shape index (κ1) is 22.0. The molecule has 1 aromatic carbocycles. The molecule has 4 rings (SSSR count). The summed E-state index contributed by atoms with van der Waals surface area (Å²) in [6.45, 7) is 4.23. The number of amides is 3. The lowest BCUT2D eigenvalue weighted by molar-refractivity contribution is -0.153. The zero-order valence-electron chi connectivity index (χ0n) is 18.7. The molecule has 0 radical (unpaired) electrons. The Kier molecular flexibility index (Phi) is 6.53. The van der Waals surface area contributed by atoms with Crippen molar-refractivity contribution in [2.75, 3.05) is 33.2 Å². The number of carbonyl (C=O) groups excluding carboxylic acids is 3. The van der Waals surface area contributed by atoms with E-state index in [4.69, 9.17) is 0 Å². The molecule has 2 aromatic rings. The fraction of sp³-hybridized carbons (Fsp3) is 0.440. The van der Waals surface area contributed by atoms with Crippen LogP contribution in [0.4, 0.5) is 0 Å². The van der Waals surface area contributed by atoms with Crippen molar-refractivity contribution in [1.29, 1.82) is 0 Å². The predicted molar refractivity (Wildman–Crippen MR) is 121 cm³/mol. The Morgan fingerprint density at radius 1 is 1.09 bits per heavy atom. The maximum atomic E-state index is 13.3. The molecule has 0 N–H and O–H groups in total. The first-order valence-corrected chi connectivity index (χ1v) is 11.3. The van der Waals surface area contributed by atoms with Crippen molar-refractivity contribution in [3.63, 3.8) is 0 Å². The quantitative estimate of drug-likeness (QED) is 0.699. The van der Waals surface area contributed by atoms with Crippen molar-refractivity contribution in [2.24, 2.45) is 5.92 Å². The van der Waals surface area contributed by atoms with Crippen LogP contribution in [-0.2, 0) is 20.8 Å². The molecule has 2 aliphatic heterocycles. The highest BCUT2D eigenvalue weighted by molar-refractivity contribution is 5.93. The largest absolute Gasteiger partial charge is 0.345 e. The van der Waals surface area contributed by atoms with E-state index in [-0.39, 0.29) is 30.1 Å². The molecular formula is C25H30N4O3. The van der Waals surface area contributed by atoms with Crippen molar-refractivity contribution in [2.45, 2.75) is 32.2 Å². The molecule has 2 saturated heterocycles. The van der Waals surface area contributed by atoms with Gasteiger partial charge in [0.15, 0.2) is 0 Å². The number of likely N-dealkylation sites (tertiary alicyclic amines) is 1. The van der Waals surface area contributed by atoms with Crippen LogP contribution in [0.15, 0.2) is 48.8 Å². The molecule has 0 bridgehead atoms. The summed E-state index contributed by atoms with van der Waals surface area (Å²) in [6.07, 6.45) is 5.15. The zero-order chi connectivity index (χ0) is 22.7. The highest BCUT2D eigenvalue weighted by Gasteiger charge is 2.42. The standard InChI is InChI=1S/C25H30N4O3/c1-3-11-28-12-13-29(24(31)21-15-23(30)27(2)17-21)22(25(28)32)14-18-6-8-19(9-7-18)20-5-4-10-26-16-20/h4-10,16,21-22H,3,11-15,17H2,1-2H3/t21-,22-/m1/s1. The number of nitrogens with zero attached hydrogens (tertiary/aromatic N) is 4. The maximum Gasteiger partial charge on any atom is 0.245 e. The van der Waals surface area contributed by atoms with E-state index in [2.05, 4.69) is 11.9 Å². The second-order valence-electron chi connectivity index (χ2n) is 8.69. The van der Waals surface area contributed by atoms with E-state index in [0.29, 0.717) is 32.6 Å². The van der Waals surface area contributed by atoms with Gasteiger partial charge in [0.2, 0.25) is 17.7 Å². The smallest absolute Gasteiger partial charge is 0.245 e. The molecule has 2 fully saturated rings. The van der Waals surface area contributed by atoms with E-state index in [0.717, 1.165) is 23.1 Å². The van der Waals surface area contributed by atoms with Crippen molar-refractivity contribution in [1.82, 2.24) is 19.7 Å². The molecule has 0 unspecified atom stereocenters. The molecule has 3 heterocycles. The van der Waals surface area contributed by atoms with E-state index >= 15 is 0 Å². The van der Waals surface area contributed by atoms with Crippen LogP contribution in [0.1, 0.15) is 25.3 Å². The fourth-order valence-electron chi connectivity index (χ4n) is 4.65. The van der Waals surface area contributed by atoms with Crippen LogP contribution in [0.5, 0.6) is 0 Å². The van der Waals surface area contributed by atoms with Gasteiger partial charge in [-0.3, -0.25) is 19.4 Å². The number of carbonyl (C=O) groups is 3. The first-order chi connectivity index (χ1) is 15.5. The van der Waals surface area contributed by atoms with Crippen LogP contribution >= 0.6 is 0 Å². The molecule has 32 heavy (non-hydrogen) atoms. The number of benzene rings is 1. The number of aromatic nitrogens is 1. The third-order valence-corrected chi connectivity index (χ3v) is 6.43. The number of rotatable bonds is 6. The van der Waals surface area contributed by atoms with E-state index in [1.807, 2.05) is 47.5 Å². The molecule has 7 nitrogen and oxygen atoms in total. The van der Waals surface area contributed by atoms with E-state index in [9.17, 15) is 14.4 Å². The summed E-state index contributed by atoms with van der Waals surface area (Å²) < 4.78 is 0. The number of piperazine rings is 1. The molecule has 2 atom stereocenters. The Balaban J connectivity index is 1.54. The first-order valence-electron chi connectivity index (χ1n) is 11.3. The molecule has 0 spiro atoms. The topological polar surface area (TPSA) is 73.8 Å². The summed E-state index contributed by atoms with van der Waals surface area (Å²) in [4.78, 5) is 48.0. The van der Waals surface area contributed by atoms with Gasteiger partial charge in [-0.2, -0.15) is 0 Å². The number of pyridine rings is 1. The lowest BCUT2D eigenvalue weighted by Crippen LogP contribution is -2.60. The van der Waals surface area contributed by atoms with Crippen LogP contribution in [0.3, 0.4) is 0 Å². The minimum Gasteiger partial charge on any atom is -0.345 e. The summed E-state index contributed by atoms with van der Waals surface area (Å²) in [5.41, 5.74) is 3.10. The van der Waals surface area contributed by atoms with Gasteiger partial charge in [0.05, 0.1) is 5.92 Å². The van der Waals surface area contributed by atoms with Crippen LogP contribution in [0.2, 0.25) is 0 Å². The third-order valence-electron chi connectivity index (χ3n) is 6.43. The molecule has 2 aliphatic rings. The Labute approximate surface area is 189 Å². The van der Waals surface area contributed by atoms with E-state index in [1.54, 1.807) is 23.0 Å². The van der Waals surface area contributed by atoms with E-state index < -0.39 is 6.04 Å². The molecule has 7 heteroatoms. The monoisotopic (exact) mass is 434 g/mol. The van der Waals surface area contributed by atoms with Crippen LogP contribution in [0, 0.1) is 5.92 Å². The van der Waals surface area contributed by atoms with Crippen molar-refractivity contribution in [3.05, 3.63) is 54.4 Å². The van der Waals surface area contributed by atoms with Gasteiger partial charge in [-0.15, -0.1) is 0 Å². The average Bonchev–Trinajstić information content (AvgIpc) is 3.15. The summed E-state index contributed by atoms with van der Waals surface area (Å²) in [6, 6.07) is 11.5. The normalized spacial score (nSPS) is 21.4. The van der Waals surface area contributed by atoms with Gasteiger partial charge in [0, 0.05) is 58.5 Å². The van der Waals surface area contributed by atoms with Gasteiger partial charge < -0.3 is 14.7 Å². The van der Waals surface area contributed by atoms with Crippen LogP contribution < -0.4 is 0 Å². The van der Waals surface area contributed by atoms with Gasteiger partial charge in [0.1, 0.15) is 6.04 Å². The van der Waals surface area contributed by atoms with Crippen molar-refractivity contribution < 1.29 is 14.4 Å². The second-order valence-corrected chi connectivity index (χ2v) is 8.69. The minimum absolute atomic E-state index is 0.000430. The van der Waals surface area contributed by atoms with Gasteiger partial charge >= 0.3 is 0 Å². The maximum absolute atomic E-state index is 13.3. The Hall–Kier alpha value is -3.22. The molecule has 168 valence electrons. The summed E-state index contributed by atoms with van der Waals surface area (Å²) in [5.74, 6) is -0.458. The molecule has 3 amide bonds. The molecular weight excluding hydrogens is 404 g/mol. The highest BCUT2D eigenvalue weighted by Crippen LogP contribution is 2.25. The molecule has 0 saturated carbocycles. The summed E-state index contributed by atoms with van der Waals surface area (Å²) in [7, 11) is 1.72. The number of hydrogen-bond acceptors (Lipinski definition) is 4. The van der Waals surface area contributed by atoms with Crippen LogP contribution in [-0.4, -0.2) is 76.7 Å². The van der Waals surface area contributed by atoms with Gasteiger partial charge in [-0.25, -0.2) is 0 Å². The van der Waals surface area contributed by atoms with Crippen molar-refractivity contribution in [3.8, 4) is 11.1 Å². The lowest BCUT2D eigenvalue weighted by Gasteiger charge is -2.41. The van der Waals surface area contributed by atoms with E-state index in [1.165, 1.54) is 0 Å². The predicted octanol–water partition coefficient (Wildman–Crippen LogP) is 2.22. The zero-order valence-corrected chi connectivity index (χ0v) is 18.7. The van der Waals surface area contributed by atoms with Crippen molar-refractivity contribution >= 4 is 17.7 Å². The Morgan fingerprint density at radius 3 is 2.50 bits per heavy atom.